The molecule has 12 heavy (non-hydrogen) atoms. The van der Waals surface area contributed by atoms with Gasteiger partial charge in [0.15, 0.2) is 9.84 Å². The van der Waals surface area contributed by atoms with E-state index in [0.717, 1.165) is 12.8 Å². The summed E-state index contributed by atoms with van der Waals surface area (Å²) in [6.07, 6.45) is 2.26. The number of rotatable bonds is 6. The van der Waals surface area contributed by atoms with Crippen LogP contribution in [-0.4, -0.2) is 26.0 Å². The van der Waals surface area contributed by atoms with Crippen LogP contribution in [0.25, 0.3) is 0 Å². The molecule has 0 aliphatic rings. The van der Waals surface area contributed by atoms with Gasteiger partial charge in [-0.1, -0.05) is 13.3 Å². The molecular weight excluding hydrogens is 174 g/mol. The van der Waals surface area contributed by atoms with Gasteiger partial charge < -0.3 is 5.73 Å². The Morgan fingerprint density at radius 1 is 1.42 bits per heavy atom. The zero-order valence-corrected chi connectivity index (χ0v) is 8.73. The Bertz CT molecular complexity index is 199. The van der Waals surface area contributed by atoms with E-state index in [1.807, 2.05) is 6.92 Å². The second kappa shape index (κ2) is 5.54. The van der Waals surface area contributed by atoms with Gasteiger partial charge in [0.25, 0.3) is 0 Å². The molecule has 0 rings (SSSR count). The standard InChI is InChI=1S/C8H19NO2S/c1-3-4-7-12(10,11)8(2)5-6-9/h8H,3-7,9H2,1-2H3. The molecule has 74 valence electrons. The molecular formula is C8H19NO2S. The summed E-state index contributed by atoms with van der Waals surface area (Å²) in [7, 11) is -2.86. The van der Waals surface area contributed by atoms with Crippen molar-refractivity contribution in [2.24, 2.45) is 5.73 Å². The van der Waals surface area contributed by atoms with Gasteiger partial charge in [0.05, 0.1) is 11.0 Å². The lowest BCUT2D eigenvalue weighted by molar-refractivity contribution is 0.575. The third kappa shape index (κ3) is 4.07. The molecule has 1 atom stereocenters. The normalized spacial score (nSPS) is 14.6. The van der Waals surface area contributed by atoms with Gasteiger partial charge in [0, 0.05) is 0 Å². The second-order valence-corrected chi connectivity index (χ2v) is 5.65. The number of sulfone groups is 1. The minimum Gasteiger partial charge on any atom is -0.330 e. The van der Waals surface area contributed by atoms with Gasteiger partial charge in [-0.15, -0.1) is 0 Å². The molecule has 0 aromatic rings. The van der Waals surface area contributed by atoms with Crippen molar-refractivity contribution in [3.63, 3.8) is 0 Å². The Morgan fingerprint density at radius 3 is 2.42 bits per heavy atom. The van der Waals surface area contributed by atoms with Crippen LogP contribution in [0.4, 0.5) is 0 Å². The summed E-state index contributed by atoms with van der Waals surface area (Å²) < 4.78 is 22.8. The summed E-state index contributed by atoms with van der Waals surface area (Å²) in [6, 6.07) is 0. The lowest BCUT2D eigenvalue weighted by Gasteiger charge is -2.10. The maximum atomic E-state index is 11.4. The Hall–Kier alpha value is -0.0900. The first-order valence-corrected chi connectivity index (χ1v) is 6.17. The van der Waals surface area contributed by atoms with Crippen molar-refractivity contribution >= 4 is 9.84 Å². The zero-order chi connectivity index (χ0) is 9.61. The Kier molecular flexibility index (Phi) is 5.50. The Morgan fingerprint density at radius 2 is 2.00 bits per heavy atom. The second-order valence-electron chi connectivity index (χ2n) is 3.11. The topological polar surface area (TPSA) is 60.2 Å². The predicted octanol–water partition coefficient (Wildman–Crippen LogP) is 0.939. The quantitative estimate of drug-likeness (QED) is 0.683. The van der Waals surface area contributed by atoms with Crippen LogP contribution in [0.2, 0.25) is 0 Å². The van der Waals surface area contributed by atoms with Crippen molar-refractivity contribution in [3.05, 3.63) is 0 Å². The summed E-state index contributed by atoms with van der Waals surface area (Å²) in [5.41, 5.74) is 5.29. The van der Waals surface area contributed by atoms with Crippen LogP contribution in [0.5, 0.6) is 0 Å². The van der Waals surface area contributed by atoms with Crippen molar-refractivity contribution in [1.82, 2.24) is 0 Å². The predicted molar refractivity (Wildman–Crippen MR) is 51.8 cm³/mol. The largest absolute Gasteiger partial charge is 0.330 e. The lowest BCUT2D eigenvalue weighted by atomic mass is 10.3. The van der Waals surface area contributed by atoms with E-state index >= 15 is 0 Å². The number of hydrogen-bond acceptors (Lipinski definition) is 3. The van der Waals surface area contributed by atoms with Crippen molar-refractivity contribution in [2.45, 2.75) is 38.4 Å². The molecule has 3 nitrogen and oxygen atoms in total. The molecule has 0 heterocycles. The van der Waals surface area contributed by atoms with E-state index in [1.54, 1.807) is 6.92 Å². The van der Waals surface area contributed by atoms with Crippen LogP contribution in [-0.2, 0) is 9.84 Å². The van der Waals surface area contributed by atoms with Gasteiger partial charge in [-0.05, 0) is 26.3 Å². The summed E-state index contributed by atoms with van der Waals surface area (Å²) in [4.78, 5) is 0. The molecule has 1 unspecified atom stereocenters. The van der Waals surface area contributed by atoms with E-state index in [2.05, 4.69) is 0 Å². The van der Waals surface area contributed by atoms with E-state index < -0.39 is 9.84 Å². The highest BCUT2D eigenvalue weighted by Crippen LogP contribution is 2.07. The molecule has 0 bridgehead atoms. The van der Waals surface area contributed by atoms with Crippen molar-refractivity contribution in [3.8, 4) is 0 Å². The molecule has 0 radical (unpaired) electrons. The maximum absolute atomic E-state index is 11.4. The van der Waals surface area contributed by atoms with Crippen LogP contribution in [0.15, 0.2) is 0 Å². The fourth-order valence-corrected chi connectivity index (χ4v) is 2.55. The minimum atomic E-state index is -2.86. The summed E-state index contributed by atoms with van der Waals surface area (Å²) in [6.45, 7) is 4.17. The summed E-state index contributed by atoms with van der Waals surface area (Å²) in [5.74, 6) is 0.310. The SMILES string of the molecule is CCCCS(=O)(=O)C(C)CCN. The highest BCUT2D eigenvalue weighted by atomic mass is 32.2. The highest BCUT2D eigenvalue weighted by Gasteiger charge is 2.18. The van der Waals surface area contributed by atoms with E-state index in [0.29, 0.717) is 18.7 Å². The Balaban J connectivity index is 4.01. The van der Waals surface area contributed by atoms with Gasteiger partial charge in [-0.25, -0.2) is 8.42 Å². The van der Waals surface area contributed by atoms with E-state index in [1.165, 1.54) is 0 Å². The van der Waals surface area contributed by atoms with Gasteiger partial charge in [0.1, 0.15) is 0 Å². The third-order valence-corrected chi connectivity index (χ3v) is 4.29. The number of hydrogen-bond donors (Lipinski definition) is 1. The van der Waals surface area contributed by atoms with Crippen molar-refractivity contribution in [1.29, 1.82) is 0 Å². The third-order valence-electron chi connectivity index (χ3n) is 1.97. The monoisotopic (exact) mass is 193 g/mol. The highest BCUT2D eigenvalue weighted by molar-refractivity contribution is 7.91. The maximum Gasteiger partial charge on any atom is 0.152 e. The summed E-state index contributed by atoms with van der Waals surface area (Å²) >= 11 is 0. The van der Waals surface area contributed by atoms with Gasteiger partial charge in [0.2, 0.25) is 0 Å². The zero-order valence-electron chi connectivity index (χ0n) is 7.91. The van der Waals surface area contributed by atoms with Crippen LogP contribution in [0, 0.1) is 0 Å². The van der Waals surface area contributed by atoms with Gasteiger partial charge >= 0.3 is 0 Å². The van der Waals surface area contributed by atoms with Crippen LogP contribution in [0.3, 0.4) is 0 Å². The molecule has 0 fully saturated rings. The summed E-state index contributed by atoms with van der Waals surface area (Å²) in [5, 5.41) is -0.269. The lowest BCUT2D eigenvalue weighted by Crippen LogP contribution is -2.23. The van der Waals surface area contributed by atoms with Crippen molar-refractivity contribution < 1.29 is 8.42 Å². The molecule has 0 saturated carbocycles. The molecule has 0 saturated heterocycles. The molecule has 4 heteroatoms. The smallest absolute Gasteiger partial charge is 0.152 e. The number of unbranched alkanes of at least 4 members (excludes halogenated alkanes) is 1. The molecule has 0 aromatic heterocycles. The van der Waals surface area contributed by atoms with Crippen LogP contribution in [0.1, 0.15) is 33.1 Å². The molecule has 0 spiro atoms. The van der Waals surface area contributed by atoms with E-state index in [9.17, 15) is 8.42 Å². The van der Waals surface area contributed by atoms with E-state index in [4.69, 9.17) is 5.73 Å². The molecule has 0 aromatic carbocycles. The van der Waals surface area contributed by atoms with Gasteiger partial charge in [-0.2, -0.15) is 0 Å². The van der Waals surface area contributed by atoms with Crippen LogP contribution < -0.4 is 5.73 Å². The molecule has 0 aliphatic heterocycles. The average Bonchev–Trinajstić information content (AvgIpc) is 2.01. The molecule has 0 amide bonds. The number of nitrogens with two attached hydrogens (primary N) is 1. The fourth-order valence-electron chi connectivity index (χ4n) is 0.961. The van der Waals surface area contributed by atoms with E-state index in [-0.39, 0.29) is 5.25 Å². The first-order chi connectivity index (χ1) is 5.54. The van der Waals surface area contributed by atoms with Gasteiger partial charge in [-0.3, -0.25) is 0 Å². The van der Waals surface area contributed by atoms with Crippen molar-refractivity contribution in [2.75, 3.05) is 12.3 Å². The Labute approximate surface area is 75.3 Å². The first-order valence-electron chi connectivity index (χ1n) is 4.46. The molecule has 2 N–H and O–H groups in total. The minimum absolute atomic E-state index is 0.269. The molecule has 0 aliphatic carbocycles. The first kappa shape index (κ1) is 11.9. The van der Waals surface area contributed by atoms with Crippen LogP contribution >= 0.6 is 0 Å². The fraction of sp³-hybridized carbons (Fsp3) is 1.00. The average molecular weight is 193 g/mol.